The van der Waals surface area contributed by atoms with Crippen LogP contribution in [0.3, 0.4) is 0 Å². The maximum Gasteiger partial charge on any atom is 0.341 e. The summed E-state index contributed by atoms with van der Waals surface area (Å²) in [5.41, 5.74) is -1.30. The molecule has 122 valence electrons. The summed E-state index contributed by atoms with van der Waals surface area (Å²) in [6.07, 6.45) is 0. The molecular weight excluding hydrogens is 291 g/mol. The molecule has 1 amide bonds. The maximum atomic E-state index is 13.3. The molecular formula is C15H21FN2O4. The van der Waals surface area contributed by atoms with Crippen LogP contribution in [0.4, 0.5) is 4.39 Å². The van der Waals surface area contributed by atoms with Gasteiger partial charge in [0.15, 0.2) is 5.60 Å². The molecule has 1 rings (SSSR count). The molecule has 1 aromatic rings. The van der Waals surface area contributed by atoms with Gasteiger partial charge < -0.3 is 20.1 Å². The Morgan fingerprint density at radius 3 is 2.55 bits per heavy atom. The van der Waals surface area contributed by atoms with Gasteiger partial charge in [0.1, 0.15) is 17.1 Å². The molecule has 0 spiro atoms. The Morgan fingerprint density at radius 2 is 1.95 bits per heavy atom. The number of esters is 1. The zero-order chi connectivity index (χ0) is 16.8. The summed E-state index contributed by atoms with van der Waals surface area (Å²) in [5.74, 6) is -1.59. The number of hydrogen-bond acceptors (Lipinski definition) is 5. The van der Waals surface area contributed by atoms with Gasteiger partial charge in [-0.2, -0.15) is 0 Å². The second kappa shape index (κ2) is 7.74. The number of ether oxygens (including phenoxy) is 2. The molecule has 6 nitrogen and oxygen atoms in total. The SMILES string of the molecule is CNCCNC(=O)C(C)(C)Oc1ccc(F)cc1C(=O)OC. The van der Waals surface area contributed by atoms with Crippen molar-refractivity contribution in [2.45, 2.75) is 19.4 Å². The highest BCUT2D eigenvalue weighted by atomic mass is 19.1. The lowest BCUT2D eigenvalue weighted by Gasteiger charge is -2.26. The number of halogens is 1. The van der Waals surface area contributed by atoms with Crippen molar-refractivity contribution in [3.05, 3.63) is 29.6 Å². The molecule has 7 heteroatoms. The fraction of sp³-hybridized carbons (Fsp3) is 0.467. The molecule has 22 heavy (non-hydrogen) atoms. The molecule has 0 bridgehead atoms. The van der Waals surface area contributed by atoms with Crippen LogP contribution in [0.25, 0.3) is 0 Å². The van der Waals surface area contributed by atoms with E-state index in [0.29, 0.717) is 13.1 Å². The van der Waals surface area contributed by atoms with Gasteiger partial charge in [0.2, 0.25) is 0 Å². The fourth-order valence-corrected chi connectivity index (χ4v) is 1.70. The minimum atomic E-state index is -1.23. The van der Waals surface area contributed by atoms with E-state index in [-0.39, 0.29) is 17.2 Å². The number of carbonyl (C=O) groups is 2. The second-order valence-electron chi connectivity index (χ2n) is 5.10. The van der Waals surface area contributed by atoms with E-state index in [2.05, 4.69) is 15.4 Å². The van der Waals surface area contributed by atoms with Gasteiger partial charge in [-0.1, -0.05) is 0 Å². The standard InChI is InChI=1S/C15H21FN2O4/c1-15(2,14(20)18-8-7-17-3)22-12-6-5-10(16)9-11(12)13(19)21-4/h5-6,9,17H,7-8H2,1-4H3,(H,18,20). The van der Waals surface area contributed by atoms with Gasteiger partial charge in [0.25, 0.3) is 5.91 Å². The van der Waals surface area contributed by atoms with Gasteiger partial charge in [-0.3, -0.25) is 4.79 Å². The van der Waals surface area contributed by atoms with Crippen LogP contribution in [-0.2, 0) is 9.53 Å². The topological polar surface area (TPSA) is 76.7 Å². The quantitative estimate of drug-likeness (QED) is 0.582. The van der Waals surface area contributed by atoms with Crippen molar-refractivity contribution in [2.24, 2.45) is 0 Å². The number of benzene rings is 1. The van der Waals surface area contributed by atoms with Gasteiger partial charge in [-0.15, -0.1) is 0 Å². The molecule has 0 radical (unpaired) electrons. The van der Waals surface area contributed by atoms with E-state index in [9.17, 15) is 14.0 Å². The van der Waals surface area contributed by atoms with Crippen molar-refractivity contribution < 1.29 is 23.5 Å². The summed E-state index contributed by atoms with van der Waals surface area (Å²) >= 11 is 0. The first-order valence-electron chi connectivity index (χ1n) is 6.81. The van der Waals surface area contributed by atoms with Crippen LogP contribution in [0.5, 0.6) is 5.75 Å². The minimum absolute atomic E-state index is 0.0707. The minimum Gasteiger partial charge on any atom is -0.477 e. The van der Waals surface area contributed by atoms with Crippen LogP contribution in [0.15, 0.2) is 18.2 Å². The number of likely N-dealkylation sites (N-methyl/N-ethyl adjacent to an activating group) is 1. The molecule has 0 heterocycles. The summed E-state index contributed by atoms with van der Waals surface area (Å²) in [6, 6.07) is 3.46. The van der Waals surface area contributed by atoms with Gasteiger partial charge in [-0.05, 0) is 39.1 Å². The van der Waals surface area contributed by atoms with Crippen molar-refractivity contribution >= 4 is 11.9 Å². The third-order valence-electron chi connectivity index (χ3n) is 2.92. The van der Waals surface area contributed by atoms with E-state index in [1.54, 1.807) is 20.9 Å². The summed E-state index contributed by atoms with van der Waals surface area (Å²) in [4.78, 5) is 23.8. The number of rotatable bonds is 7. The van der Waals surface area contributed by atoms with E-state index in [4.69, 9.17) is 4.74 Å². The lowest BCUT2D eigenvalue weighted by molar-refractivity contribution is -0.134. The summed E-state index contributed by atoms with van der Waals surface area (Å²) in [7, 11) is 2.96. The molecule has 0 aromatic heterocycles. The molecule has 0 saturated carbocycles. The maximum absolute atomic E-state index is 13.3. The van der Waals surface area contributed by atoms with Crippen molar-refractivity contribution in [3.8, 4) is 5.75 Å². The first-order chi connectivity index (χ1) is 10.3. The molecule has 0 unspecified atom stereocenters. The normalized spacial score (nSPS) is 11.0. The first kappa shape index (κ1) is 17.9. The van der Waals surface area contributed by atoms with Crippen LogP contribution in [-0.4, -0.2) is 44.7 Å². The van der Waals surface area contributed by atoms with E-state index >= 15 is 0 Å². The summed E-state index contributed by atoms with van der Waals surface area (Å²) in [6.45, 7) is 4.18. The predicted molar refractivity (Wildman–Crippen MR) is 79.4 cm³/mol. The van der Waals surface area contributed by atoms with E-state index in [1.165, 1.54) is 13.2 Å². The Balaban J connectivity index is 2.92. The number of carbonyl (C=O) groups excluding carboxylic acids is 2. The van der Waals surface area contributed by atoms with Gasteiger partial charge in [0, 0.05) is 13.1 Å². The largest absolute Gasteiger partial charge is 0.477 e. The zero-order valence-electron chi connectivity index (χ0n) is 13.2. The Labute approximate surface area is 129 Å². The fourth-order valence-electron chi connectivity index (χ4n) is 1.70. The molecule has 1 aromatic carbocycles. The van der Waals surface area contributed by atoms with Crippen LogP contribution >= 0.6 is 0 Å². The molecule has 0 fully saturated rings. The van der Waals surface area contributed by atoms with Crippen molar-refractivity contribution in [2.75, 3.05) is 27.2 Å². The van der Waals surface area contributed by atoms with E-state index in [0.717, 1.165) is 12.1 Å². The lowest BCUT2D eigenvalue weighted by Crippen LogP contribution is -2.48. The number of amides is 1. The summed E-state index contributed by atoms with van der Waals surface area (Å²) < 4.78 is 23.5. The Hall–Kier alpha value is -2.15. The molecule has 2 N–H and O–H groups in total. The Morgan fingerprint density at radius 1 is 1.27 bits per heavy atom. The predicted octanol–water partition coefficient (Wildman–Crippen LogP) is 1.11. The average molecular weight is 312 g/mol. The van der Waals surface area contributed by atoms with Crippen LogP contribution in [0.1, 0.15) is 24.2 Å². The smallest absolute Gasteiger partial charge is 0.341 e. The van der Waals surface area contributed by atoms with E-state index < -0.39 is 17.4 Å². The highest BCUT2D eigenvalue weighted by Crippen LogP contribution is 2.25. The van der Waals surface area contributed by atoms with Crippen molar-refractivity contribution in [3.63, 3.8) is 0 Å². The van der Waals surface area contributed by atoms with Crippen LogP contribution in [0, 0.1) is 5.82 Å². The van der Waals surface area contributed by atoms with Gasteiger partial charge >= 0.3 is 5.97 Å². The van der Waals surface area contributed by atoms with Crippen molar-refractivity contribution in [1.29, 1.82) is 0 Å². The average Bonchev–Trinajstić information content (AvgIpc) is 2.48. The highest BCUT2D eigenvalue weighted by Gasteiger charge is 2.31. The molecule has 0 aliphatic heterocycles. The zero-order valence-corrected chi connectivity index (χ0v) is 13.2. The molecule has 0 atom stereocenters. The van der Waals surface area contributed by atoms with Gasteiger partial charge in [-0.25, -0.2) is 9.18 Å². The van der Waals surface area contributed by atoms with E-state index in [1.807, 2.05) is 0 Å². The van der Waals surface area contributed by atoms with Crippen molar-refractivity contribution in [1.82, 2.24) is 10.6 Å². The third kappa shape index (κ3) is 4.70. The molecule has 0 aliphatic carbocycles. The second-order valence-corrected chi connectivity index (χ2v) is 5.10. The number of hydrogen-bond donors (Lipinski definition) is 2. The monoisotopic (exact) mass is 312 g/mol. The third-order valence-corrected chi connectivity index (χ3v) is 2.92. The van der Waals surface area contributed by atoms with Gasteiger partial charge in [0.05, 0.1) is 7.11 Å². The Bertz CT molecular complexity index is 546. The summed E-state index contributed by atoms with van der Waals surface area (Å²) in [5, 5.41) is 5.61. The van der Waals surface area contributed by atoms with Crippen LogP contribution in [0.2, 0.25) is 0 Å². The first-order valence-corrected chi connectivity index (χ1v) is 6.81. The Kier molecular flexibility index (Phi) is 6.30. The highest BCUT2D eigenvalue weighted by molar-refractivity contribution is 5.93. The molecule has 0 saturated heterocycles. The lowest BCUT2D eigenvalue weighted by atomic mass is 10.1. The van der Waals surface area contributed by atoms with Crippen LogP contribution < -0.4 is 15.4 Å². The number of methoxy groups -OCH3 is 1. The number of nitrogens with one attached hydrogen (secondary N) is 2. The molecule has 0 aliphatic rings.